The zero-order chi connectivity index (χ0) is 20.9. The zero-order valence-corrected chi connectivity index (χ0v) is 17.8. The molecular weight excluding hydrogens is 378 g/mol. The summed E-state index contributed by atoms with van der Waals surface area (Å²) in [5.41, 5.74) is 1.13. The number of aliphatic imine (C=N–C) groups is 1. The van der Waals surface area contributed by atoms with Gasteiger partial charge in [0.05, 0.1) is 19.8 Å². The SMILES string of the molecule is CCNC(=NCc1ccc(Oc2ccccc2)cc1)NCCCOCC1CCOC1. The highest BCUT2D eigenvalue weighted by Gasteiger charge is 2.15. The van der Waals surface area contributed by atoms with Gasteiger partial charge < -0.3 is 24.8 Å². The van der Waals surface area contributed by atoms with Crippen LogP contribution in [0.3, 0.4) is 0 Å². The Morgan fingerprint density at radius 3 is 2.60 bits per heavy atom. The van der Waals surface area contributed by atoms with E-state index in [0.29, 0.717) is 12.5 Å². The average molecular weight is 412 g/mol. The quantitative estimate of drug-likeness (QED) is 0.333. The predicted octanol–water partition coefficient (Wildman–Crippen LogP) is 3.98. The van der Waals surface area contributed by atoms with Gasteiger partial charge in [-0.2, -0.15) is 0 Å². The first-order chi connectivity index (χ1) is 14.8. The summed E-state index contributed by atoms with van der Waals surface area (Å²) in [5.74, 6) is 3.05. The Morgan fingerprint density at radius 1 is 1.07 bits per heavy atom. The van der Waals surface area contributed by atoms with E-state index >= 15 is 0 Å². The number of nitrogens with one attached hydrogen (secondary N) is 2. The Bertz CT molecular complexity index is 744. The molecule has 1 unspecified atom stereocenters. The predicted molar refractivity (Wildman–Crippen MR) is 120 cm³/mol. The van der Waals surface area contributed by atoms with Gasteiger partial charge in [0.1, 0.15) is 11.5 Å². The van der Waals surface area contributed by atoms with E-state index < -0.39 is 0 Å². The molecule has 2 aromatic rings. The van der Waals surface area contributed by atoms with Gasteiger partial charge in [0.25, 0.3) is 0 Å². The van der Waals surface area contributed by atoms with E-state index in [-0.39, 0.29) is 0 Å². The van der Waals surface area contributed by atoms with Crippen molar-refractivity contribution < 1.29 is 14.2 Å². The van der Waals surface area contributed by atoms with Crippen LogP contribution in [-0.4, -0.2) is 45.5 Å². The maximum Gasteiger partial charge on any atom is 0.191 e. The number of ether oxygens (including phenoxy) is 3. The van der Waals surface area contributed by atoms with Crippen LogP contribution in [0.25, 0.3) is 0 Å². The van der Waals surface area contributed by atoms with Crippen molar-refractivity contribution in [3.63, 3.8) is 0 Å². The van der Waals surface area contributed by atoms with E-state index in [9.17, 15) is 0 Å². The maximum absolute atomic E-state index is 5.84. The van der Waals surface area contributed by atoms with Crippen LogP contribution in [0.1, 0.15) is 25.3 Å². The first-order valence-corrected chi connectivity index (χ1v) is 10.8. The normalized spacial score (nSPS) is 16.4. The van der Waals surface area contributed by atoms with E-state index in [2.05, 4.69) is 22.5 Å². The lowest BCUT2D eigenvalue weighted by atomic mass is 10.1. The van der Waals surface area contributed by atoms with Crippen molar-refractivity contribution in [3.8, 4) is 11.5 Å². The van der Waals surface area contributed by atoms with Crippen molar-refractivity contribution in [1.82, 2.24) is 10.6 Å². The van der Waals surface area contributed by atoms with Gasteiger partial charge in [-0.25, -0.2) is 4.99 Å². The topological polar surface area (TPSA) is 64.1 Å². The molecule has 0 saturated carbocycles. The van der Waals surface area contributed by atoms with E-state index in [1.54, 1.807) is 0 Å². The lowest BCUT2D eigenvalue weighted by Gasteiger charge is -2.12. The summed E-state index contributed by atoms with van der Waals surface area (Å²) < 4.78 is 17.0. The Kier molecular flexibility index (Phi) is 9.50. The summed E-state index contributed by atoms with van der Waals surface area (Å²) in [7, 11) is 0. The summed E-state index contributed by atoms with van der Waals surface area (Å²) in [6.07, 6.45) is 2.07. The molecule has 6 nitrogen and oxygen atoms in total. The van der Waals surface area contributed by atoms with Crippen LogP contribution in [0.2, 0.25) is 0 Å². The highest BCUT2D eigenvalue weighted by atomic mass is 16.5. The Labute approximate surface area is 179 Å². The van der Waals surface area contributed by atoms with Gasteiger partial charge >= 0.3 is 0 Å². The molecule has 2 aromatic carbocycles. The van der Waals surface area contributed by atoms with Gasteiger partial charge in [0.15, 0.2) is 5.96 Å². The standard InChI is InChI=1S/C24H33N3O3/c1-2-25-24(26-14-6-15-28-18-21-13-16-29-19-21)27-17-20-9-11-23(12-10-20)30-22-7-4-3-5-8-22/h3-5,7-12,21H,2,6,13-19H2,1H3,(H2,25,26,27). The largest absolute Gasteiger partial charge is 0.457 e. The second-order valence-corrected chi connectivity index (χ2v) is 7.34. The van der Waals surface area contributed by atoms with Crippen LogP contribution >= 0.6 is 0 Å². The number of rotatable bonds is 11. The fourth-order valence-electron chi connectivity index (χ4n) is 3.15. The minimum Gasteiger partial charge on any atom is -0.457 e. The zero-order valence-electron chi connectivity index (χ0n) is 17.8. The van der Waals surface area contributed by atoms with Crippen LogP contribution in [0.15, 0.2) is 59.6 Å². The summed E-state index contributed by atoms with van der Waals surface area (Å²) >= 11 is 0. The van der Waals surface area contributed by atoms with Crippen LogP contribution in [0.5, 0.6) is 11.5 Å². The molecule has 0 radical (unpaired) electrons. The molecule has 1 fully saturated rings. The Balaban J connectivity index is 1.37. The summed E-state index contributed by atoms with van der Waals surface area (Å²) in [6, 6.07) is 17.8. The third-order valence-electron chi connectivity index (χ3n) is 4.80. The minimum absolute atomic E-state index is 0.571. The van der Waals surface area contributed by atoms with Crippen LogP contribution < -0.4 is 15.4 Å². The second kappa shape index (κ2) is 12.9. The molecule has 1 aliphatic rings. The molecule has 1 atom stereocenters. The lowest BCUT2D eigenvalue weighted by molar-refractivity contribution is 0.0888. The molecular formula is C24H33N3O3. The molecule has 1 aliphatic heterocycles. The first kappa shape index (κ1) is 22.1. The fourth-order valence-corrected chi connectivity index (χ4v) is 3.15. The van der Waals surface area contributed by atoms with Gasteiger partial charge in [0.2, 0.25) is 0 Å². The molecule has 0 aromatic heterocycles. The molecule has 1 saturated heterocycles. The van der Waals surface area contributed by atoms with Crippen LogP contribution in [-0.2, 0) is 16.0 Å². The van der Waals surface area contributed by atoms with E-state index in [4.69, 9.17) is 14.2 Å². The molecule has 6 heteroatoms. The molecule has 162 valence electrons. The van der Waals surface area contributed by atoms with Crippen molar-refractivity contribution in [2.24, 2.45) is 10.9 Å². The molecule has 3 rings (SSSR count). The molecule has 30 heavy (non-hydrogen) atoms. The molecule has 2 N–H and O–H groups in total. The number of nitrogens with zero attached hydrogens (tertiary/aromatic N) is 1. The third-order valence-corrected chi connectivity index (χ3v) is 4.80. The summed E-state index contributed by atoms with van der Waals surface area (Å²) in [5, 5.41) is 6.66. The van der Waals surface area contributed by atoms with Crippen molar-refractivity contribution in [1.29, 1.82) is 0 Å². The van der Waals surface area contributed by atoms with E-state index in [1.165, 1.54) is 0 Å². The van der Waals surface area contributed by atoms with Crippen molar-refractivity contribution >= 4 is 5.96 Å². The maximum atomic E-state index is 5.84. The van der Waals surface area contributed by atoms with Crippen LogP contribution in [0, 0.1) is 5.92 Å². The smallest absolute Gasteiger partial charge is 0.191 e. The molecule has 0 bridgehead atoms. The minimum atomic E-state index is 0.571. The molecule has 0 aliphatic carbocycles. The van der Waals surface area contributed by atoms with Gasteiger partial charge in [-0.3, -0.25) is 0 Å². The number of benzene rings is 2. The first-order valence-electron chi connectivity index (χ1n) is 10.8. The van der Waals surface area contributed by atoms with Gasteiger partial charge in [-0.05, 0) is 49.6 Å². The highest BCUT2D eigenvalue weighted by molar-refractivity contribution is 5.79. The van der Waals surface area contributed by atoms with Gasteiger partial charge in [0, 0.05) is 32.2 Å². The van der Waals surface area contributed by atoms with Crippen molar-refractivity contribution in [3.05, 3.63) is 60.2 Å². The van der Waals surface area contributed by atoms with Gasteiger partial charge in [-0.15, -0.1) is 0 Å². The highest BCUT2D eigenvalue weighted by Crippen LogP contribution is 2.21. The average Bonchev–Trinajstić information content (AvgIpc) is 3.30. The lowest BCUT2D eigenvalue weighted by Crippen LogP contribution is -2.38. The number of para-hydroxylation sites is 1. The number of guanidine groups is 1. The Morgan fingerprint density at radius 2 is 1.87 bits per heavy atom. The molecule has 0 spiro atoms. The summed E-state index contributed by atoms with van der Waals surface area (Å²) in [4.78, 5) is 4.67. The number of hydrogen-bond donors (Lipinski definition) is 2. The van der Waals surface area contributed by atoms with E-state index in [1.807, 2.05) is 54.6 Å². The van der Waals surface area contributed by atoms with Crippen molar-refractivity contribution in [2.75, 3.05) is 39.5 Å². The summed E-state index contributed by atoms with van der Waals surface area (Å²) in [6.45, 7) is 7.61. The monoisotopic (exact) mass is 411 g/mol. The Hall–Kier alpha value is -2.57. The van der Waals surface area contributed by atoms with Crippen LogP contribution in [0.4, 0.5) is 0 Å². The van der Waals surface area contributed by atoms with Crippen molar-refractivity contribution in [2.45, 2.75) is 26.3 Å². The molecule has 1 heterocycles. The van der Waals surface area contributed by atoms with E-state index in [0.717, 1.165) is 75.4 Å². The molecule has 0 amide bonds. The van der Waals surface area contributed by atoms with Gasteiger partial charge in [-0.1, -0.05) is 30.3 Å². The fraction of sp³-hybridized carbons (Fsp3) is 0.458. The second-order valence-electron chi connectivity index (χ2n) is 7.34. The number of hydrogen-bond acceptors (Lipinski definition) is 4. The third kappa shape index (κ3) is 8.05.